The van der Waals surface area contributed by atoms with Crippen molar-refractivity contribution in [2.75, 3.05) is 18.2 Å². The molecule has 5 nitrogen and oxygen atoms in total. The Morgan fingerprint density at radius 3 is 2.70 bits per heavy atom. The first-order chi connectivity index (χ1) is 9.52. The number of aromatic nitrogens is 1. The molecule has 0 aliphatic heterocycles. The first kappa shape index (κ1) is 13.7. The fraction of sp³-hybridized carbons (Fsp3) is 0.0769. The number of anilines is 3. The molecule has 0 aliphatic rings. The number of pyridine rings is 1. The second kappa shape index (κ2) is 5.52. The lowest BCUT2D eigenvalue weighted by molar-refractivity contribution is 0.0602. The van der Waals surface area contributed by atoms with Gasteiger partial charge in [-0.15, -0.1) is 0 Å². The summed E-state index contributed by atoms with van der Waals surface area (Å²) in [5.74, 6) is -2.42. The number of nitrogens with two attached hydrogens (primary N) is 1. The van der Waals surface area contributed by atoms with Crippen molar-refractivity contribution >= 4 is 23.2 Å². The number of benzene rings is 1. The number of methoxy groups -OCH3 is 1. The van der Waals surface area contributed by atoms with Crippen LogP contribution < -0.4 is 11.1 Å². The van der Waals surface area contributed by atoms with E-state index in [9.17, 15) is 13.6 Å². The summed E-state index contributed by atoms with van der Waals surface area (Å²) in [6.07, 6.45) is 1.35. The molecular formula is C13H11F2N3O2. The van der Waals surface area contributed by atoms with E-state index in [0.29, 0.717) is 0 Å². The third-order valence-electron chi connectivity index (χ3n) is 2.58. The molecule has 104 valence electrons. The van der Waals surface area contributed by atoms with Gasteiger partial charge in [0, 0.05) is 18.0 Å². The van der Waals surface area contributed by atoms with E-state index in [1.807, 2.05) is 0 Å². The van der Waals surface area contributed by atoms with Gasteiger partial charge >= 0.3 is 5.97 Å². The summed E-state index contributed by atoms with van der Waals surface area (Å²) in [6, 6.07) is 4.65. The number of nitrogens with zero attached hydrogens (tertiary/aromatic N) is 1. The molecule has 0 amide bonds. The fourth-order valence-electron chi connectivity index (χ4n) is 1.57. The summed E-state index contributed by atoms with van der Waals surface area (Å²) in [5, 5.41) is 2.71. The van der Waals surface area contributed by atoms with Gasteiger partial charge in [-0.25, -0.2) is 18.6 Å². The highest BCUT2D eigenvalue weighted by atomic mass is 19.2. The van der Waals surface area contributed by atoms with Crippen molar-refractivity contribution in [3.05, 3.63) is 47.7 Å². The zero-order valence-corrected chi connectivity index (χ0v) is 10.5. The van der Waals surface area contributed by atoms with Crippen molar-refractivity contribution in [3.8, 4) is 0 Å². The van der Waals surface area contributed by atoms with Crippen molar-refractivity contribution < 1.29 is 18.3 Å². The molecule has 1 heterocycles. The Kier molecular flexibility index (Phi) is 3.79. The Hall–Kier alpha value is -2.70. The number of rotatable bonds is 3. The smallest absolute Gasteiger partial charge is 0.340 e. The highest BCUT2D eigenvalue weighted by molar-refractivity contribution is 5.97. The van der Waals surface area contributed by atoms with E-state index in [1.54, 1.807) is 0 Å². The van der Waals surface area contributed by atoms with E-state index in [0.717, 1.165) is 12.1 Å². The molecule has 0 bridgehead atoms. The van der Waals surface area contributed by atoms with E-state index in [1.165, 1.54) is 25.4 Å². The Morgan fingerprint density at radius 2 is 2.05 bits per heavy atom. The minimum Gasteiger partial charge on any atom is -0.465 e. The van der Waals surface area contributed by atoms with Gasteiger partial charge in [-0.1, -0.05) is 0 Å². The Balaban J connectivity index is 2.34. The summed E-state index contributed by atoms with van der Waals surface area (Å²) in [4.78, 5) is 15.4. The van der Waals surface area contributed by atoms with Gasteiger partial charge in [0.15, 0.2) is 17.5 Å². The molecule has 7 heteroatoms. The van der Waals surface area contributed by atoms with Crippen LogP contribution in [0.1, 0.15) is 10.4 Å². The Bertz CT molecular complexity index is 662. The quantitative estimate of drug-likeness (QED) is 0.844. The molecule has 2 rings (SSSR count). The summed E-state index contributed by atoms with van der Waals surface area (Å²) in [6.45, 7) is 0. The minimum absolute atomic E-state index is 0.0593. The van der Waals surface area contributed by atoms with Gasteiger partial charge in [0.2, 0.25) is 0 Å². The number of carbonyl (C=O) groups excluding carboxylic acids is 1. The molecule has 0 unspecified atom stereocenters. The molecular weight excluding hydrogens is 268 g/mol. The number of nitrogen functional groups attached to an aromatic ring is 1. The maximum absolute atomic E-state index is 13.1. The van der Waals surface area contributed by atoms with E-state index >= 15 is 0 Å². The van der Waals surface area contributed by atoms with Crippen LogP contribution in [0.3, 0.4) is 0 Å². The summed E-state index contributed by atoms with van der Waals surface area (Å²) in [7, 11) is 1.23. The zero-order valence-electron chi connectivity index (χ0n) is 10.5. The highest BCUT2D eigenvalue weighted by Gasteiger charge is 2.14. The van der Waals surface area contributed by atoms with E-state index in [4.69, 9.17) is 5.73 Å². The monoisotopic (exact) mass is 279 g/mol. The molecule has 0 saturated carbocycles. The first-order valence-electron chi connectivity index (χ1n) is 5.57. The van der Waals surface area contributed by atoms with Crippen LogP contribution >= 0.6 is 0 Å². The van der Waals surface area contributed by atoms with Crippen molar-refractivity contribution in [3.63, 3.8) is 0 Å². The van der Waals surface area contributed by atoms with Crippen molar-refractivity contribution in [2.24, 2.45) is 0 Å². The number of halogens is 2. The van der Waals surface area contributed by atoms with Crippen molar-refractivity contribution in [1.29, 1.82) is 0 Å². The van der Waals surface area contributed by atoms with E-state index < -0.39 is 17.6 Å². The van der Waals surface area contributed by atoms with Gasteiger partial charge in [-0.3, -0.25) is 0 Å². The number of hydrogen-bond donors (Lipinski definition) is 2. The summed E-state index contributed by atoms with van der Waals surface area (Å²) < 4.78 is 30.5. The molecule has 0 saturated heterocycles. The van der Waals surface area contributed by atoms with E-state index in [-0.39, 0.29) is 22.8 Å². The van der Waals surface area contributed by atoms with Gasteiger partial charge in [-0.2, -0.15) is 0 Å². The lowest BCUT2D eigenvalue weighted by atomic mass is 10.2. The maximum Gasteiger partial charge on any atom is 0.340 e. The van der Waals surface area contributed by atoms with Crippen LogP contribution in [0.2, 0.25) is 0 Å². The maximum atomic E-state index is 13.1. The zero-order chi connectivity index (χ0) is 14.7. The van der Waals surface area contributed by atoms with Crippen LogP contribution in [-0.4, -0.2) is 18.1 Å². The topological polar surface area (TPSA) is 77.2 Å². The number of esters is 1. The molecule has 3 N–H and O–H groups in total. The van der Waals surface area contributed by atoms with Gasteiger partial charge in [-0.05, 0) is 18.2 Å². The molecule has 1 aromatic carbocycles. The second-order valence-corrected chi connectivity index (χ2v) is 3.87. The average molecular weight is 279 g/mol. The predicted molar refractivity (Wildman–Crippen MR) is 69.6 cm³/mol. The van der Waals surface area contributed by atoms with Crippen LogP contribution in [0, 0.1) is 11.6 Å². The van der Waals surface area contributed by atoms with Crippen LogP contribution in [0.25, 0.3) is 0 Å². The molecule has 0 spiro atoms. The molecule has 0 fully saturated rings. The molecule has 20 heavy (non-hydrogen) atoms. The number of carbonyl (C=O) groups is 1. The van der Waals surface area contributed by atoms with Crippen LogP contribution in [-0.2, 0) is 4.74 Å². The SMILES string of the molecule is COC(=O)c1ccnc(Nc2ccc(F)c(F)c2)c1N. The van der Waals surface area contributed by atoms with E-state index in [2.05, 4.69) is 15.0 Å². The third-order valence-corrected chi connectivity index (χ3v) is 2.58. The Labute approximate surface area is 113 Å². The van der Waals surface area contributed by atoms with Crippen molar-refractivity contribution in [2.45, 2.75) is 0 Å². The molecule has 1 aromatic heterocycles. The van der Waals surface area contributed by atoms with Gasteiger partial charge in [0.05, 0.1) is 18.4 Å². The van der Waals surface area contributed by atoms with Crippen molar-refractivity contribution in [1.82, 2.24) is 4.98 Å². The summed E-state index contributed by atoms with van der Waals surface area (Å²) >= 11 is 0. The minimum atomic E-state index is -1.00. The first-order valence-corrected chi connectivity index (χ1v) is 5.57. The molecule has 2 aromatic rings. The summed E-state index contributed by atoms with van der Waals surface area (Å²) in [5.41, 5.74) is 6.23. The molecule has 0 atom stereocenters. The number of hydrogen-bond acceptors (Lipinski definition) is 5. The van der Waals surface area contributed by atoms with Crippen LogP contribution in [0.4, 0.5) is 26.0 Å². The van der Waals surface area contributed by atoms with Crippen LogP contribution in [0.5, 0.6) is 0 Å². The lowest BCUT2D eigenvalue weighted by Gasteiger charge is -2.11. The largest absolute Gasteiger partial charge is 0.465 e. The number of nitrogens with one attached hydrogen (secondary N) is 1. The molecule has 0 aliphatic carbocycles. The van der Waals surface area contributed by atoms with Gasteiger partial charge in [0.25, 0.3) is 0 Å². The lowest BCUT2D eigenvalue weighted by Crippen LogP contribution is -2.09. The van der Waals surface area contributed by atoms with Gasteiger partial charge in [0.1, 0.15) is 0 Å². The normalized spacial score (nSPS) is 10.2. The van der Waals surface area contributed by atoms with Gasteiger partial charge < -0.3 is 15.8 Å². The average Bonchev–Trinajstić information content (AvgIpc) is 2.44. The molecule has 0 radical (unpaired) electrons. The highest BCUT2D eigenvalue weighted by Crippen LogP contribution is 2.25. The fourth-order valence-corrected chi connectivity index (χ4v) is 1.57. The van der Waals surface area contributed by atoms with Crippen LogP contribution in [0.15, 0.2) is 30.5 Å². The predicted octanol–water partition coefficient (Wildman–Crippen LogP) is 2.47. The standard InChI is InChI=1S/C13H11F2N3O2/c1-20-13(19)8-4-5-17-12(11(8)16)18-7-2-3-9(14)10(15)6-7/h2-6H,16H2,1H3,(H,17,18). The number of ether oxygens (including phenoxy) is 1. The Morgan fingerprint density at radius 1 is 1.30 bits per heavy atom. The third kappa shape index (κ3) is 2.66. The second-order valence-electron chi connectivity index (χ2n) is 3.87.